The number of esters is 1. The van der Waals surface area contributed by atoms with Gasteiger partial charge in [-0.05, 0) is 40.7 Å². The van der Waals surface area contributed by atoms with Crippen molar-refractivity contribution in [3.63, 3.8) is 0 Å². The number of hydrogen-bond acceptors (Lipinski definition) is 3. The number of aromatic nitrogens is 1. The summed E-state index contributed by atoms with van der Waals surface area (Å²) >= 11 is 0. The van der Waals surface area contributed by atoms with E-state index in [0.29, 0.717) is 18.7 Å². The van der Waals surface area contributed by atoms with Crippen molar-refractivity contribution in [2.24, 2.45) is 0 Å². The third-order valence-electron chi connectivity index (χ3n) is 3.38. The minimum absolute atomic E-state index is 0.173. The molecule has 0 aromatic carbocycles. The van der Waals surface area contributed by atoms with E-state index in [0.717, 1.165) is 23.5 Å². The highest BCUT2D eigenvalue weighted by atomic mass is 16.5. The second kappa shape index (κ2) is 7.67. The van der Waals surface area contributed by atoms with Gasteiger partial charge in [-0.25, -0.2) is 4.79 Å². The number of nitrogens with one attached hydrogen (secondary N) is 1. The van der Waals surface area contributed by atoms with Gasteiger partial charge in [0.25, 0.3) is 0 Å². The topological polar surface area (TPSA) is 60.3 Å². The molecule has 0 atom stereocenters. The van der Waals surface area contributed by atoms with E-state index in [9.17, 15) is 9.59 Å². The quantitative estimate of drug-likeness (QED) is 0.647. The third-order valence-corrected chi connectivity index (χ3v) is 3.38. The summed E-state index contributed by atoms with van der Waals surface area (Å²) in [6.45, 7) is 11.2. The van der Waals surface area contributed by atoms with Crippen molar-refractivity contribution < 1.29 is 14.3 Å². The number of nitrogens with zero attached hydrogens (tertiary/aromatic N) is 1. The summed E-state index contributed by atoms with van der Waals surface area (Å²) in [5, 5.41) is 2.70. The van der Waals surface area contributed by atoms with Gasteiger partial charge >= 0.3 is 5.97 Å². The zero-order valence-electron chi connectivity index (χ0n) is 13.4. The van der Waals surface area contributed by atoms with Crippen LogP contribution in [0.15, 0.2) is 6.08 Å². The highest BCUT2D eigenvalue weighted by molar-refractivity contribution is 5.98. The molecule has 0 radical (unpaired) electrons. The van der Waals surface area contributed by atoms with Crippen LogP contribution in [0.25, 0.3) is 6.08 Å². The molecule has 0 spiro atoms. The van der Waals surface area contributed by atoms with E-state index in [1.54, 1.807) is 13.0 Å². The van der Waals surface area contributed by atoms with Crippen LogP contribution in [0.3, 0.4) is 0 Å². The van der Waals surface area contributed by atoms with Gasteiger partial charge in [-0.2, -0.15) is 0 Å². The zero-order chi connectivity index (χ0) is 16.0. The molecule has 0 bridgehead atoms. The molecule has 0 aliphatic carbocycles. The Morgan fingerprint density at radius 3 is 2.38 bits per heavy atom. The Bertz CT molecular complexity index is 556. The number of amides is 1. The van der Waals surface area contributed by atoms with E-state index in [1.165, 1.54) is 6.08 Å². The predicted octanol–water partition coefficient (Wildman–Crippen LogP) is 2.45. The smallest absolute Gasteiger partial charge is 0.340 e. The van der Waals surface area contributed by atoms with E-state index in [4.69, 9.17) is 4.74 Å². The Kier molecular flexibility index (Phi) is 6.21. The fraction of sp³-hybridized carbons (Fsp3) is 0.500. The van der Waals surface area contributed by atoms with E-state index in [2.05, 4.69) is 5.32 Å². The van der Waals surface area contributed by atoms with Crippen molar-refractivity contribution in [3.8, 4) is 0 Å². The summed E-state index contributed by atoms with van der Waals surface area (Å²) in [6, 6.07) is 0. The van der Waals surface area contributed by atoms with Gasteiger partial charge in [0.2, 0.25) is 5.91 Å². The molecule has 1 aromatic rings. The lowest BCUT2D eigenvalue weighted by molar-refractivity contribution is -0.116. The Balaban J connectivity index is 3.28. The molecule has 1 N–H and O–H groups in total. The molecule has 21 heavy (non-hydrogen) atoms. The standard InChI is InChI=1S/C16H24N2O3/c1-6-17-14(19)10-9-13-11(4)18(7-2)12(5)15(13)16(20)21-8-3/h9-10H,6-8H2,1-5H3,(H,17,19)/b10-9-. The molecule has 1 aromatic heterocycles. The van der Waals surface area contributed by atoms with Gasteiger partial charge in [-0.3, -0.25) is 4.79 Å². The number of carbonyl (C=O) groups is 2. The Morgan fingerprint density at radius 1 is 1.19 bits per heavy atom. The van der Waals surface area contributed by atoms with Crippen LogP contribution in [0, 0.1) is 13.8 Å². The first-order valence-corrected chi connectivity index (χ1v) is 7.30. The van der Waals surface area contributed by atoms with Crippen LogP contribution < -0.4 is 5.32 Å². The number of carbonyl (C=O) groups excluding carboxylic acids is 2. The van der Waals surface area contributed by atoms with Crippen LogP contribution in [0.4, 0.5) is 0 Å². The van der Waals surface area contributed by atoms with Crippen molar-refractivity contribution in [2.75, 3.05) is 13.2 Å². The largest absolute Gasteiger partial charge is 0.462 e. The SMILES string of the molecule is CCNC(=O)/C=C\c1c(C(=O)OCC)c(C)n(CC)c1C. The van der Waals surface area contributed by atoms with Gasteiger partial charge in [-0.1, -0.05) is 0 Å². The molecular formula is C16H24N2O3. The average Bonchev–Trinajstić information content (AvgIpc) is 2.67. The van der Waals surface area contributed by atoms with E-state index < -0.39 is 0 Å². The second-order valence-electron chi connectivity index (χ2n) is 4.65. The molecule has 0 unspecified atom stereocenters. The first-order valence-electron chi connectivity index (χ1n) is 7.30. The van der Waals surface area contributed by atoms with E-state index in [-0.39, 0.29) is 11.9 Å². The highest BCUT2D eigenvalue weighted by Gasteiger charge is 2.22. The molecule has 0 saturated heterocycles. The van der Waals surface area contributed by atoms with Crippen LogP contribution in [-0.4, -0.2) is 29.6 Å². The summed E-state index contributed by atoms with van der Waals surface area (Å²) in [5.74, 6) is -0.519. The number of hydrogen-bond donors (Lipinski definition) is 1. The second-order valence-corrected chi connectivity index (χ2v) is 4.65. The van der Waals surface area contributed by atoms with Gasteiger partial charge in [-0.15, -0.1) is 0 Å². The van der Waals surface area contributed by atoms with Gasteiger partial charge in [0.05, 0.1) is 12.2 Å². The summed E-state index contributed by atoms with van der Waals surface area (Å²) in [5.41, 5.74) is 3.11. The molecule has 116 valence electrons. The van der Waals surface area contributed by atoms with Crippen molar-refractivity contribution in [1.29, 1.82) is 0 Å². The first kappa shape index (κ1) is 17.0. The fourth-order valence-electron chi connectivity index (χ4n) is 2.44. The Hall–Kier alpha value is -2.04. The normalized spacial score (nSPS) is 10.9. The molecule has 5 nitrogen and oxygen atoms in total. The highest BCUT2D eigenvalue weighted by Crippen LogP contribution is 2.24. The molecule has 0 aliphatic heterocycles. The van der Waals surface area contributed by atoms with Crippen LogP contribution in [0.5, 0.6) is 0 Å². The number of ether oxygens (including phenoxy) is 1. The molecule has 0 aliphatic rings. The van der Waals surface area contributed by atoms with E-state index in [1.807, 2.05) is 32.3 Å². The Morgan fingerprint density at radius 2 is 1.86 bits per heavy atom. The van der Waals surface area contributed by atoms with Crippen molar-refractivity contribution >= 4 is 18.0 Å². The number of likely N-dealkylation sites (N-methyl/N-ethyl adjacent to an activating group) is 1. The maximum atomic E-state index is 12.2. The predicted molar refractivity (Wildman–Crippen MR) is 83.3 cm³/mol. The molecule has 0 saturated carbocycles. The molecule has 1 heterocycles. The van der Waals surface area contributed by atoms with Gasteiger partial charge in [0.15, 0.2) is 0 Å². The summed E-state index contributed by atoms with van der Waals surface area (Å²) in [4.78, 5) is 23.7. The van der Waals surface area contributed by atoms with Gasteiger partial charge in [0, 0.05) is 36.1 Å². The van der Waals surface area contributed by atoms with Gasteiger partial charge in [0.1, 0.15) is 0 Å². The Labute approximate surface area is 126 Å². The first-order chi connectivity index (χ1) is 9.97. The van der Waals surface area contributed by atoms with Crippen molar-refractivity contribution in [1.82, 2.24) is 9.88 Å². The molecule has 1 amide bonds. The van der Waals surface area contributed by atoms with Crippen LogP contribution in [0.2, 0.25) is 0 Å². The van der Waals surface area contributed by atoms with Gasteiger partial charge < -0.3 is 14.6 Å². The third kappa shape index (κ3) is 3.74. The number of rotatable bonds is 6. The fourth-order valence-corrected chi connectivity index (χ4v) is 2.44. The molecular weight excluding hydrogens is 268 g/mol. The summed E-state index contributed by atoms with van der Waals surface area (Å²) in [6.07, 6.45) is 3.14. The maximum absolute atomic E-state index is 12.2. The molecule has 0 fully saturated rings. The van der Waals surface area contributed by atoms with Crippen molar-refractivity contribution in [2.45, 2.75) is 41.2 Å². The van der Waals surface area contributed by atoms with E-state index >= 15 is 0 Å². The molecule has 1 rings (SSSR count). The van der Waals surface area contributed by atoms with Crippen LogP contribution in [-0.2, 0) is 16.1 Å². The zero-order valence-corrected chi connectivity index (χ0v) is 13.4. The monoisotopic (exact) mass is 292 g/mol. The lowest BCUT2D eigenvalue weighted by atomic mass is 10.1. The summed E-state index contributed by atoms with van der Waals surface area (Å²) in [7, 11) is 0. The molecule has 5 heteroatoms. The average molecular weight is 292 g/mol. The lowest BCUT2D eigenvalue weighted by Crippen LogP contribution is -2.19. The minimum atomic E-state index is -0.346. The van der Waals surface area contributed by atoms with Crippen LogP contribution in [0.1, 0.15) is 48.1 Å². The minimum Gasteiger partial charge on any atom is -0.462 e. The van der Waals surface area contributed by atoms with Crippen molar-refractivity contribution in [3.05, 3.63) is 28.6 Å². The maximum Gasteiger partial charge on any atom is 0.340 e. The lowest BCUT2D eigenvalue weighted by Gasteiger charge is -2.05. The van der Waals surface area contributed by atoms with Crippen LogP contribution >= 0.6 is 0 Å². The summed E-state index contributed by atoms with van der Waals surface area (Å²) < 4.78 is 7.18.